The minimum Gasteiger partial charge on any atom is -0.263 e. The molecule has 0 unspecified atom stereocenters. The van der Waals surface area contributed by atoms with Gasteiger partial charge in [0.1, 0.15) is 0 Å². The summed E-state index contributed by atoms with van der Waals surface area (Å²) in [7, 11) is 0. The smallest absolute Gasteiger partial charge is 0.263 e. The molecule has 20 heavy (non-hydrogen) atoms. The van der Waals surface area contributed by atoms with Crippen LogP contribution in [-0.2, 0) is 6.18 Å². The van der Waals surface area contributed by atoms with Crippen molar-refractivity contribution in [3.8, 4) is 11.1 Å². The lowest BCUT2D eigenvalue weighted by atomic mass is 10.0. The molecule has 0 aliphatic heterocycles. The first-order chi connectivity index (χ1) is 9.55. The van der Waals surface area contributed by atoms with Crippen molar-refractivity contribution in [1.29, 1.82) is 0 Å². The molecule has 0 aliphatic carbocycles. The quantitative estimate of drug-likeness (QED) is 0.660. The minimum absolute atomic E-state index is 0.429. The molecule has 0 saturated carbocycles. The molecule has 2 heterocycles. The highest BCUT2D eigenvalue weighted by Crippen LogP contribution is 2.33. The van der Waals surface area contributed by atoms with Crippen LogP contribution in [0.2, 0.25) is 0 Å². The fraction of sp³-hybridized carbons (Fsp3) is 0.0667. The number of hydrogen-bond acceptors (Lipinski definition) is 2. The van der Waals surface area contributed by atoms with Gasteiger partial charge in [0, 0.05) is 29.5 Å². The molecule has 5 heteroatoms. The van der Waals surface area contributed by atoms with Gasteiger partial charge < -0.3 is 0 Å². The first kappa shape index (κ1) is 12.6. The van der Waals surface area contributed by atoms with Gasteiger partial charge in [-0.2, -0.15) is 13.2 Å². The van der Waals surface area contributed by atoms with Crippen LogP contribution in [0.4, 0.5) is 13.2 Å². The van der Waals surface area contributed by atoms with Gasteiger partial charge in [-0.05, 0) is 23.8 Å². The second-order valence-electron chi connectivity index (χ2n) is 4.34. The summed E-state index contributed by atoms with van der Waals surface area (Å²) in [5.74, 6) is 0. The molecule has 2 nitrogen and oxygen atoms in total. The first-order valence-electron chi connectivity index (χ1n) is 5.92. The summed E-state index contributed by atoms with van der Waals surface area (Å²) in [5, 5.41) is 0.802. The zero-order chi connectivity index (χ0) is 14.2. The monoisotopic (exact) mass is 274 g/mol. The van der Waals surface area contributed by atoms with Crippen LogP contribution in [0.5, 0.6) is 0 Å². The molecular formula is C15H9F3N2. The second kappa shape index (κ2) is 4.59. The molecule has 1 aromatic carbocycles. The third-order valence-electron chi connectivity index (χ3n) is 3.03. The molecular weight excluding hydrogens is 265 g/mol. The highest BCUT2D eigenvalue weighted by atomic mass is 19.4. The molecule has 0 bridgehead atoms. The molecule has 2 aromatic heterocycles. The van der Waals surface area contributed by atoms with Gasteiger partial charge in [0.2, 0.25) is 0 Å². The van der Waals surface area contributed by atoms with Gasteiger partial charge in [-0.1, -0.05) is 18.2 Å². The number of rotatable bonds is 1. The predicted octanol–water partition coefficient (Wildman–Crippen LogP) is 4.32. The van der Waals surface area contributed by atoms with Crippen LogP contribution in [0.25, 0.3) is 22.0 Å². The van der Waals surface area contributed by atoms with Gasteiger partial charge in [0.05, 0.1) is 11.1 Å². The number of para-hydroxylation sites is 1. The van der Waals surface area contributed by atoms with E-state index in [0.717, 1.165) is 23.2 Å². The Morgan fingerprint density at radius 1 is 0.950 bits per heavy atom. The second-order valence-corrected chi connectivity index (χ2v) is 4.34. The summed E-state index contributed by atoms with van der Waals surface area (Å²) < 4.78 is 38.2. The Hall–Kier alpha value is -2.43. The van der Waals surface area contributed by atoms with Crippen LogP contribution < -0.4 is 0 Å². The Morgan fingerprint density at radius 2 is 1.75 bits per heavy atom. The molecule has 100 valence electrons. The molecule has 0 atom stereocenters. The van der Waals surface area contributed by atoms with Gasteiger partial charge in [0.15, 0.2) is 0 Å². The number of halogens is 3. The molecule has 3 rings (SSSR count). The highest BCUT2D eigenvalue weighted by Gasteiger charge is 2.31. The van der Waals surface area contributed by atoms with Crippen molar-refractivity contribution in [3.05, 3.63) is 60.6 Å². The molecule has 0 saturated heterocycles. The van der Waals surface area contributed by atoms with Gasteiger partial charge in [0.25, 0.3) is 0 Å². The van der Waals surface area contributed by atoms with Gasteiger partial charge >= 0.3 is 6.18 Å². The lowest BCUT2D eigenvalue weighted by molar-refractivity contribution is -0.137. The summed E-state index contributed by atoms with van der Waals surface area (Å²) in [6.45, 7) is 0. The van der Waals surface area contributed by atoms with E-state index in [9.17, 15) is 13.2 Å². The zero-order valence-corrected chi connectivity index (χ0v) is 10.2. The molecule has 0 spiro atoms. The predicted molar refractivity (Wildman–Crippen MR) is 70.0 cm³/mol. The van der Waals surface area contributed by atoms with Crippen LogP contribution in [-0.4, -0.2) is 9.97 Å². The minimum atomic E-state index is -4.40. The van der Waals surface area contributed by atoms with Crippen molar-refractivity contribution in [3.63, 3.8) is 0 Å². The first-order valence-corrected chi connectivity index (χ1v) is 5.92. The summed E-state index contributed by atoms with van der Waals surface area (Å²) in [5.41, 5.74) is 1.10. The summed E-state index contributed by atoms with van der Waals surface area (Å²) in [4.78, 5) is 7.89. The normalized spacial score (nSPS) is 11.8. The third-order valence-corrected chi connectivity index (χ3v) is 3.03. The van der Waals surface area contributed by atoms with E-state index in [1.165, 1.54) is 6.20 Å². The number of pyridine rings is 2. The maximum Gasteiger partial charge on any atom is 0.417 e. The summed E-state index contributed by atoms with van der Waals surface area (Å²) >= 11 is 0. The third kappa shape index (κ3) is 2.22. The lowest BCUT2D eigenvalue weighted by Gasteiger charge is -2.09. The molecule has 0 fully saturated rings. The SMILES string of the molecule is FC(F)(F)c1cncc(-c2ccnc3ccccc23)c1. The maximum atomic E-state index is 12.7. The van der Waals surface area contributed by atoms with Crippen molar-refractivity contribution in [2.75, 3.05) is 0 Å². The van der Waals surface area contributed by atoms with Crippen molar-refractivity contribution < 1.29 is 13.2 Å². The number of benzene rings is 1. The Labute approximate surface area is 112 Å². The molecule has 0 aliphatic rings. The molecule has 0 radical (unpaired) electrons. The largest absolute Gasteiger partial charge is 0.417 e. The van der Waals surface area contributed by atoms with E-state index in [4.69, 9.17) is 0 Å². The van der Waals surface area contributed by atoms with Crippen LogP contribution in [0, 0.1) is 0 Å². The van der Waals surface area contributed by atoms with Crippen molar-refractivity contribution in [2.45, 2.75) is 6.18 Å². The molecule has 0 N–H and O–H groups in total. The number of fused-ring (bicyclic) bond motifs is 1. The van der Waals surface area contributed by atoms with E-state index >= 15 is 0 Å². The van der Waals surface area contributed by atoms with Crippen LogP contribution in [0.3, 0.4) is 0 Å². The van der Waals surface area contributed by atoms with Gasteiger partial charge in [-0.25, -0.2) is 0 Å². The summed E-state index contributed by atoms with van der Waals surface area (Å²) in [6.07, 6.45) is -0.562. The number of nitrogens with zero attached hydrogens (tertiary/aromatic N) is 2. The molecule has 0 amide bonds. The van der Waals surface area contributed by atoms with E-state index < -0.39 is 11.7 Å². The summed E-state index contributed by atoms with van der Waals surface area (Å²) in [6, 6.07) is 10.1. The van der Waals surface area contributed by atoms with Crippen molar-refractivity contribution in [2.24, 2.45) is 0 Å². The standard InChI is InChI=1S/C15H9F3N2/c16-15(17,18)11-7-10(8-19-9-11)12-5-6-20-14-4-2-1-3-13(12)14/h1-9H. The fourth-order valence-electron chi connectivity index (χ4n) is 2.09. The van der Waals surface area contributed by atoms with E-state index in [2.05, 4.69) is 9.97 Å². The Balaban J connectivity index is 2.21. The van der Waals surface area contributed by atoms with E-state index in [1.807, 2.05) is 24.3 Å². The van der Waals surface area contributed by atoms with Gasteiger partial charge in [-0.3, -0.25) is 9.97 Å². The zero-order valence-electron chi connectivity index (χ0n) is 10.2. The van der Waals surface area contributed by atoms with E-state index in [0.29, 0.717) is 11.1 Å². The average molecular weight is 274 g/mol. The van der Waals surface area contributed by atoms with Gasteiger partial charge in [-0.15, -0.1) is 0 Å². The fourth-order valence-corrected chi connectivity index (χ4v) is 2.09. The Bertz CT molecular complexity index is 761. The number of aromatic nitrogens is 2. The molecule has 3 aromatic rings. The highest BCUT2D eigenvalue weighted by molar-refractivity contribution is 5.94. The van der Waals surface area contributed by atoms with Crippen molar-refractivity contribution in [1.82, 2.24) is 9.97 Å². The lowest BCUT2D eigenvalue weighted by Crippen LogP contribution is -2.05. The Kier molecular flexibility index (Phi) is 2.89. The van der Waals surface area contributed by atoms with E-state index in [1.54, 1.807) is 12.3 Å². The van der Waals surface area contributed by atoms with Crippen molar-refractivity contribution >= 4 is 10.9 Å². The average Bonchev–Trinajstić information content (AvgIpc) is 2.46. The number of alkyl halides is 3. The maximum absolute atomic E-state index is 12.7. The van der Waals surface area contributed by atoms with E-state index in [-0.39, 0.29) is 0 Å². The van der Waals surface area contributed by atoms with Crippen LogP contribution in [0.15, 0.2) is 55.0 Å². The number of hydrogen-bond donors (Lipinski definition) is 0. The van der Waals surface area contributed by atoms with Crippen LogP contribution in [0.1, 0.15) is 5.56 Å². The topological polar surface area (TPSA) is 25.8 Å². The Morgan fingerprint density at radius 3 is 2.55 bits per heavy atom. The van der Waals surface area contributed by atoms with Crippen LogP contribution >= 0.6 is 0 Å².